The SMILES string of the molecule is COS(=O)O[C@H]1[C@@H](O[Si](C)(C)C(C)(C)C)[C@H](n2ccc(NC(=O)c3ccccc3)nc2=O)O[C@@H]1CO[Si](C)(C)C(C)(C)C. The predicted molar refractivity (Wildman–Crippen MR) is 172 cm³/mol. The van der Waals surface area contributed by atoms with Gasteiger partial charge in [-0.25, -0.2) is 4.79 Å². The molecule has 1 aliphatic heterocycles. The van der Waals surface area contributed by atoms with E-state index < -0.39 is 58.2 Å². The molecule has 240 valence electrons. The topological polar surface area (TPSA) is 127 Å². The van der Waals surface area contributed by atoms with E-state index in [2.05, 4.69) is 78.0 Å². The first kappa shape index (κ1) is 35.4. The molecular weight excluding hydrogens is 607 g/mol. The molecule has 2 aromatic rings. The van der Waals surface area contributed by atoms with Crippen LogP contribution in [0.1, 0.15) is 58.1 Å². The van der Waals surface area contributed by atoms with Gasteiger partial charge in [-0.05, 0) is 54.5 Å². The zero-order chi connectivity index (χ0) is 32.4. The van der Waals surface area contributed by atoms with Crippen molar-refractivity contribution in [2.45, 2.75) is 102 Å². The molecule has 1 fully saturated rings. The van der Waals surface area contributed by atoms with Crippen LogP contribution in [0.25, 0.3) is 0 Å². The summed E-state index contributed by atoms with van der Waals surface area (Å²) in [6, 6.07) is 10.2. The second kappa shape index (κ2) is 13.5. The van der Waals surface area contributed by atoms with E-state index in [1.165, 1.54) is 23.9 Å². The third-order valence-corrected chi connectivity index (χ3v) is 18.3. The summed E-state index contributed by atoms with van der Waals surface area (Å²) in [4.78, 5) is 30.2. The number of amides is 1. The molecule has 1 amide bonds. The first-order valence-corrected chi connectivity index (χ1v) is 21.2. The van der Waals surface area contributed by atoms with E-state index in [-0.39, 0.29) is 28.4 Å². The zero-order valence-electron chi connectivity index (χ0n) is 27.1. The molecule has 1 unspecified atom stereocenters. The van der Waals surface area contributed by atoms with Crippen LogP contribution in [0.2, 0.25) is 36.3 Å². The van der Waals surface area contributed by atoms with E-state index in [1.807, 2.05) is 6.07 Å². The average Bonchev–Trinajstić information content (AvgIpc) is 3.22. The standard InChI is InChI=1S/C29H47N3O8SSi2/c1-28(2,3)42(8,9)37-19-21-23(39-41(35)36-7)24(40-43(10,11)29(4,5)6)26(38-21)32-18-17-22(31-27(32)34)30-25(33)20-15-13-12-14-16-20/h12-18,21,23-24,26H,19H2,1-11H3,(H,30,31,33,34)/t21-,23-,24-,26-,41?/m1/s1. The number of ether oxygens (including phenoxy) is 1. The third-order valence-electron chi connectivity index (χ3n) is 8.64. The number of benzene rings is 1. The van der Waals surface area contributed by atoms with Gasteiger partial charge in [0.1, 0.15) is 24.1 Å². The quantitative estimate of drug-likeness (QED) is 0.317. The Bertz CT molecular complexity index is 1340. The summed E-state index contributed by atoms with van der Waals surface area (Å²) in [5.41, 5.74) is -0.219. The number of carbonyl (C=O) groups is 1. The van der Waals surface area contributed by atoms with Gasteiger partial charge in [-0.3, -0.25) is 17.7 Å². The lowest BCUT2D eigenvalue weighted by molar-refractivity contribution is -0.0505. The smallest absolute Gasteiger partial charge is 0.351 e. The summed E-state index contributed by atoms with van der Waals surface area (Å²) < 4.78 is 44.5. The van der Waals surface area contributed by atoms with Gasteiger partial charge >= 0.3 is 17.1 Å². The first-order valence-electron chi connectivity index (χ1n) is 14.3. The fourth-order valence-corrected chi connectivity index (χ4v) is 6.71. The number of hydrogen-bond donors (Lipinski definition) is 1. The molecule has 43 heavy (non-hydrogen) atoms. The second-order valence-corrected chi connectivity index (χ2v) is 24.2. The molecule has 11 nitrogen and oxygen atoms in total. The number of carbonyl (C=O) groups excluding carboxylic acids is 1. The highest BCUT2D eigenvalue weighted by molar-refractivity contribution is 7.75. The van der Waals surface area contributed by atoms with Crippen molar-refractivity contribution in [1.29, 1.82) is 0 Å². The van der Waals surface area contributed by atoms with E-state index in [1.54, 1.807) is 24.3 Å². The minimum Gasteiger partial charge on any atom is -0.414 e. The van der Waals surface area contributed by atoms with Crippen molar-refractivity contribution in [2.24, 2.45) is 0 Å². The molecule has 1 aromatic carbocycles. The molecule has 5 atom stereocenters. The maximum atomic E-state index is 13.4. The van der Waals surface area contributed by atoms with E-state index in [0.29, 0.717) is 5.56 Å². The normalized spacial score (nSPS) is 22.4. The average molecular weight is 654 g/mol. The highest BCUT2D eigenvalue weighted by Crippen LogP contribution is 2.43. The number of anilines is 1. The number of nitrogens with one attached hydrogen (secondary N) is 1. The molecule has 3 rings (SSSR count). The third kappa shape index (κ3) is 8.57. The van der Waals surface area contributed by atoms with Crippen LogP contribution in [0.5, 0.6) is 0 Å². The fraction of sp³-hybridized carbons (Fsp3) is 0.621. The van der Waals surface area contributed by atoms with Crippen molar-refractivity contribution >= 4 is 39.7 Å². The lowest BCUT2D eigenvalue weighted by Gasteiger charge is -2.40. The Hall–Kier alpha value is -2.05. The fourth-order valence-electron chi connectivity index (χ4n) is 3.92. The van der Waals surface area contributed by atoms with Gasteiger partial charge in [-0.2, -0.15) is 9.19 Å². The van der Waals surface area contributed by atoms with Crippen LogP contribution in [-0.2, 0) is 33.3 Å². The summed E-state index contributed by atoms with van der Waals surface area (Å²) in [6.45, 7) is 21.3. The first-order chi connectivity index (χ1) is 19.8. The Labute approximate surface area is 259 Å². The van der Waals surface area contributed by atoms with Crippen molar-refractivity contribution in [3.05, 3.63) is 58.6 Å². The molecule has 1 saturated heterocycles. The van der Waals surface area contributed by atoms with E-state index in [9.17, 15) is 13.8 Å². The summed E-state index contributed by atoms with van der Waals surface area (Å²) in [7, 11) is -3.40. The number of hydrogen-bond acceptors (Lipinski definition) is 9. The van der Waals surface area contributed by atoms with Gasteiger partial charge in [-0.15, -0.1) is 0 Å². The Morgan fingerprint density at radius 1 is 1.00 bits per heavy atom. The number of rotatable bonds is 11. The van der Waals surface area contributed by atoms with Crippen LogP contribution in [0.3, 0.4) is 0 Å². The molecular formula is C29H47N3O8SSi2. The highest BCUT2D eigenvalue weighted by atomic mass is 32.2. The maximum absolute atomic E-state index is 13.4. The minimum atomic E-state index is -2.48. The van der Waals surface area contributed by atoms with Crippen LogP contribution in [-0.4, -0.2) is 68.3 Å². The molecule has 1 aromatic heterocycles. The molecule has 2 heterocycles. The monoisotopic (exact) mass is 653 g/mol. The maximum Gasteiger partial charge on any atom is 0.351 e. The van der Waals surface area contributed by atoms with Crippen molar-refractivity contribution in [3.63, 3.8) is 0 Å². The highest BCUT2D eigenvalue weighted by Gasteiger charge is 2.53. The molecule has 0 radical (unpaired) electrons. The largest absolute Gasteiger partial charge is 0.414 e. The Morgan fingerprint density at radius 3 is 2.14 bits per heavy atom. The van der Waals surface area contributed by atoms with E-state index >= 15 is 0 Å². The van der Waals surface area contributed by atoms with Gasteiger partial charge in [0, 0.05) is 11.8 Å². The van der Waals surface area contributed by atoms with Crippen molar-refractivity contribution in [2.75, 3.05) is 19.0 Å². The van der Waals surface area contributed by atoms with E-state index in [0.717, 1.165) is 0 Å². The molecule has 0 bridgehead atoms. The van der Waals surface area contributed by atoms with Crippen molar-refractivity contribution < 1.29 is 31.0 Å². The molecule has 0 spiro atoms. The summed E-state index contributed by atoms with van der Waals surface area (Å²) >= 11 is -2.09. The van der Waals surface area contributed by atoms with Gasteiger partial charge in [0.05, 0.1) is 13.7 Å². The van der Waals surface area contributed by atoms with Gasteiger partial charge in [-0.1, -0.05) is 59.7 Å². The van der Waals surface area contributed by atoms with Crippen LogP contribution in [0.15, 0.2) is 47.4 Å². The summed E-state index contributed by atoms with van der Waals surface area (Å²) in [5.74, 6) is -0.291. The Morgan fingerprint density at radius 2 is 1.60 bits per heavy atom. The van der Waals surface area contributed by atoms with Gasteiger partial charge in [0.2, 0.25) is 0 Å². The predicted octanol–water partition coefficient (Wildman–Crippen LogP) is 5.42. The van der Waals surface area contributed by atoms with Crippen molar-refractivity contribution in [1.82, 2.24) is 9.55 Å². The van der Waals surface area contributed by atoms with Crippen molar-refractivity contribution in [3.8, 4) is 0 Å². The molecule has 0 aliphatic carbocycles. The van der Waals surface area contributed by atoms with Crippen LogP contribution >= 0.6 is 0 Å². The number of nitrogens with zero attached hydrogens (tertiary/aromatic N) is 2. The zero-order valence-corrected chi connectivity index (χ0v) is 29.9. The van der Waals surface area contributed by atoms with Gasteiger partial charge in [0.25, 0.3) is 5.91 Å². The lowest BCUT2D eigenvalue weighted by Crippen LogP contribution is -2.51. The molecule has 1 aliphatic rings. The van der Waals surface area contributed by atoms with Crippen LogP contribution in [0, 0.1) is 0 Å². The summed E-state index contributed by atoms with van der Waals surface area (Å²) in [5, 5.41) is 2.41. The van der Waals surface area contributed by atoms with Crippen LogP contribution < -0.4 is 11.0 Å². The molecule has 1 N–H and O–H groups in total. The van der Waals surface area contributed by atoms with Crippen LogP contribution in [0.4, 0.5) is 5.82 Å². The van der Waals surface area contributed by atoms with Gasteiger partial charge < -0.3 is 18.9 Å². The van der Waals surface area contributed by atoms with Gasteiger partial charge in [0.15, 0.2) is 22.9 Å². The summed E-state index contributed by atoms with van der Waals surface area (Å²) in [6.07, 6.45) is -1.91. The number of aromatic nitrogens is 2. The lowest BCUT2D eigenvalue weighted by atomic mass is 10.1. The Kier molecular flexibility index (Phi) is 11.1. The Balaban J connectivity index is 2.01. The molecule has 14 heteroatoms. The minimum absolute atomic E-state index is 0.0609. The van der Waals surface area contributed by atoms with E-state index in [4.69, 9.17) is 22.0 Å². The molecule has 0 saturated carbocycles. The second-order valence-electron chi connectivity index (χ2n) is 13.7.